The number of primary amides is 2. The van der Waals surface area contributed by atoms with Gasteiger partial charge in [-0.2, -0.15) is 0 Å². The molecule has 3 rings (SSSR count). The summed E-state index contributed by atoms with van der Waals surface area (Å²) in [5, 5.41) is 35.5. The molecule has 29 nitrogen and oxygen atoms in total. The van der Waals surface area contributed by atoms with Gasteiger partial charge in [0.05, 0.1) is 25.4 Å². The number of carboxylic acid groups (broad SMARTS) is 2. The highest BCUT2D eigenvalue weighted by molar-refractivity contribution is 7.46. The third-order valence-corrected chi connectivity index (χ3v) is 11.9. The average molecular weight is 1090 g/mol. The van der Waals surface area contributed by atoms with Crippen LogP contribution in [0.2, 0.25) is 0 Å². The van der Waals surface area contributed by atoms with Crippen LogP contribution in [-0.2, 0) is 74.9 Å². The fourth-order valence-electron chi connectivity index (χ4n) is 7.62. The number of nitrogens with two attached hydrogens (primary N) is 3. The molecular weight excluding hydrogens is 1030 g/mol. The molecule has 10 amide bonds. The van der Waals surface area contributed by atoms with Crippen molar-refractivity contribution in [1.29, 1.82) is 0 Å². The van der Waals surface area contributed by atoms with Crippen molar-refractivity contribution in [3.63, 3.8) is 0 Å². The number of nitrogens with zero attached hydrogens (tertiary/aromatic N) is 1. The smallest absolute Gasteiger partial charge is 0.481 e. The van der Waals surface area contributed by atoms with Crippen molar-refractivity contribution in [3.8, 4) is 5.75 Å². The molecule has 0 saturated carbocycles. The molecule has 1 aliphatic rings. The van der Waals surface area contributed by atoms with E-state index >= 15 is 0 Å². The Morgan fingerprint density at radius 3 is 1.78 bits per heavy atom. The lowest BCUT2D eigenvalue weighted by atomic mass is 9.99. The molecule has 0 aromatic heterocycles. The van der Waals surface area contributed by atoms with Crippen LogP contribution >= 0.6 is 7.82 Å². The van der Waals surface area contributed by atoms with Crippen LogP contribution in [0.5, 0.6) is 5.75 Å². The van der Waals surface area contributed by atoms with E-state index in [4.69, 9.17) is 17.2 Å². The maximum atomic E-state index is 14.4. The van der Waals surface area contributed by atoms with Crippen LogP contribution in [0.1, 0.15) is 70.4 Å². The standard InChI is InChI=1S/C46H64N11O18P/c1-23(2)38(44(68)53-29(15-16-37(61)62)40(64)51-24(3)39(63)55-32(46(70)71)21-35(49)59)56-42(66)31(19-26-11-13-27(14-12-26)75-76(72,73)74)54-41(65)30(18-25-8-5-4-6-9-25)52-36(60)22-50-43(67)33-10-7-17-57(33)45(69)28(47)20-34(48)58/h4-6,8-9,11-14,23-24,28-33,38H,7,10,15-22,47H2,1-3H3,(H2,48,58)(H2,49,59)(H,50,67)(H,51,64)(H,52,60)(H,53,68)(H,54,65)(H,55,63)(H,56,66)(H,61,62)(H,70,71)(H2,72,73,74)/t24-,28-,29-,30-,31-,32-,33-,38-/m0/s1. The van der Waals surface area contributed by atoms with Gasteiger partial charge in [-0.3, -0.25) is 62.5 Å². The Morgan fingerprint density at radius 2 is 1.22 bits per heavy atom. The van der Waals surface area contributed by atoms with Gasteiger partial charge in [-0.05, 0) is 55.4 Å². The topological polar surface area (TPSA) is 478 Å². The van der Waals surface area contributed by atoms with Crippen LogP contribution in [0, 0.1) is 5.92 Å². The second-order valence-electron chi connectivity index (χ2n) is 18.0. The highest BCUT2D eigenvalue weighted by atomic mass is 31.2. The molecule has 1 saturated heterocycles. The summed E-state index contributed by atoms with van der Waals surface area (Å²) < 4.78 is 16.1. The van der Waals surface area contributed by atoms with Gasteiger partial charge < -0.3 is 74.1 Å². The Hall–Kier alpha value is -8.01. The maximum Gasteiger partial charge on any atom is 0.524 e. The Kier molecular flexibility index (Phi) is 23.9. The van der Waals surface area contributed by atoms with Crippen LogP contribution in [0.15, 0.2) is 54.6 Å². The van der Waals surface area contributed by atoms with Crippen molar-refractivity contribution in [2.24, 2.45) is 23.1 Å². The van der Waals surface area contributed by atoms with Crippen molar-refractivity contribution in [3.05, 3.63) is 65.7 Å². The minimum absolute atomic E-state index is 0.143. The highest BCUT2D eigenvalue weighted by Gasteiger charge is 2.38. The zero-order valence-electron chi connectivity index (χ0n) is 41.6. The molecular formula is C46H64N11O18P. The summed E-state index contributed by atoms with van der Waals surface area (Å²) in [5.74, 6) is -13.5. The lowest BCUT2D eigenvalue weighted by molar-refractivity contribution is -0.143. The number of aliphatic carboxylic acids is 2. The fraction of sp³-hybridized carbons (Fsp3) is 0.478. The lowest BCUT2D eigenvalue weighted by Crippen LogP contribution is -2.61. The summed E-state index contributed by atoms with van der Waals surface area (Å²) in [7, 11) is -4.99. The molecule has 0 bridgehead atoms. The number of hydrogen-bond donors (Lipinski definition) is 14. The number of carbonyl (C=O) groups is 12. The number of likely N-dealkylation sites (tertiary alicyclic amines) is 1. The Morgan fingerprint density at radius 1 is 0.684 bits per heavy atom. The number of nitrogens with one attached hydrogen (secondary N) is 7. The van der Waals surface area contributed by atoms with Crippen molar-refractivity contribution in [2.45, 2.75) is 120 Å². The second-order valence-corrected chi connectivity index (χ2v) is 19.2. The van der Waals surface area contributed by atoms with E-state index in [1.54, 1.807) is 30.3 Å². The van der Waals surface area contributed by atoms with Gasteiger partial charge >= 0.3 is 19.8 Å². The molecule has 8 atom stereocenters. The van der Waals surface area contributed by atoms with Crippen molar-refractivity contribution in [2.75, 3.05) is 13.1 Å². The van der Waals surface area contributed by atoms with Crippen LogP contribution in [-0.4, -0.2) is 157 Å². The molecule has 0 unspecified atom stereocenters. The number of hydrogen-bond acceptors (Lipinski definition) is 15. The van der Waals surface area contributed by atoms with E-state index in [-0.39, 0.29) is 37.1 Å². The van der Waals surface area contributed by atoms with Crippen molar-refractivity contribution < 1.29 is 86.6 Å². The molecule has 0 radical (unpaired) electrons. The van der Waals surface area contributed by atoms with Crippen LogP contribution in [0.25, 0.3) is 0 Å². The molecule has 0 spiro atoms. The molecule has 416 valence electrons. The molecule has 76 heavy (non-hydrogen) atoms. The summed E-state index contributed by atoms with van der Waals surface area (Å²) in [5.41, 5.74) is 16.9. The SMILES string of the molecule is CC(C)[C@H](NC(=O)[C@H](Cc1ccc(OP(=O)(O)O)cc1)NC(=O)[C@H](Cc1ccccc1)NC(=O)CNC(=O)[C@@H]1CCCN1C(=O)[C@@H](N)CC(N)=O)C(=O)N[C@@H](CCC(=O)O)C(=O)N[C@@H](C)C(=O)N[C@@H](CC(N)=O)C(=O)O. The van der Waals surface area contributed by atoms with Crippen LogP contribution in [0.3, 0.4) is 0 Å². The predicted octanol–water partition coefficient (Wildman–Crippen LogP) is -4.34. The van der Waals surface area contributed by atoms with Crippen LogP contribution in [0.4, 0.5) is 0 Å². The molecule has 17 N–H and O–H groups in total. The first-order chi connectivity index (χ1) is 35.5. The van der Waals surface area contributed by atoms with E-state index in [0.717, 1.165) is 19.1 Å². The summed E-state index contributed by atoms with van der Waals surface area (Å²) in [6, 6.07) is 1.33. The molecule has 0 aliphatic carbocycles. The highest BCUT2D eigenvalue weighted by Crippen LogP contribution is 2.37. The van der Waals surface area contributed by atoms with E-state index in [9.17, 15) is 82.1 Å². The minimum atomic E-state index is -4.99. The lowest BCUT2D eigenvalue weighted by Gasteiger charge is -2.28. The molecule has 1 fully saturated rings. The maximum absolute atomic E-state index is 14.4. The third kappa shape index (κ3) is 21.1. The molecule has 2 aromatic rings. The Bertz CT molecular complexity index is 2510. The van der Waals surface area contributed by atoms with Gasteiger partial charge in [0.25, 0.3) is 0 Å². The van der Waals surface area contributed by atoms with Gasteiger partial charge in [-0.15, -0.1) is 0 Å². The monoisotopic (exact) mass is 1090 g/mol. The zero-order chi connectivity index (χ0) is 57.0. The number of carboxylic acids is 2. The quantitative estimate of drug-likeness (QED) is 0.0329. The Balaban J connectivity index is 1.91. The van der Waals surface area contributed by atoms with E-state index in [0.29, 0.717) is 12.0 Å². The number of phosphoric ester groups is 1. The van der Waals surface area contributed by atoms with E-state index in [1.807, 2.05) is 5.32 Å². The summed E-state index contributed by atoms with van der Waals surface area (Å²) in [4.78, 5) is 174. The van der Waals surface area contributed by atoms with Crippen LogP contribution < -0.4 is 58.9 Å². The second kappa shape index (κ2) is 29.2. The number of amides is 10. The van der Waals surface area contributed by atoms with E-state index < -0.39 is 165 Å². The van der Waals surface area contributed by atoms with Crippen molar-refractivity contribution in [1.82, 2.24) is 42.1 Å². The van der Waals surface area contributed by atoms with E-state index in [2.05, 4.69) is 36.4 Å². The first-order valence-electron chi connectivity index (χ1n) is 23.6. The summed E-state index contributed by atoms with van der Waals surface area (Å²) in [6.07, 6.45) is -2.42. The Labute approximate surface area is 434 Å². The van der Waals surface area contributed by atoms with Gasteiger partial charge in [-0.25, -0.2) is 9.36 Å². The average Bonchev–Trinajstić information content (AvgIpc) is 3.83. The number of rotatable bonds is 30. The van der Waals surface area contributed by atoms with Gasteiger partial charge in [0.2, 0.25) is 59.1 Å². The summed E-state index contributed by atoms with van der Waals surface area (Å²) >= 11 is 0. The normalized spacial score (nSPS) is 15.9. The third-order valence-electron chi connectivity index (χ3n) is 11.5. The number of benzene rings is 2. The van der Waals surface area contributed by atoms with Gasteiger partial charge in [0, 0.05) is 25.8 Å². The minimum Gasteiger partial charge on any atom is -0.481 e. The molecule has 2 aromatic carbocycles. The van der Waals surface area contributed by atoms with Crippen molar-refractivity contribution >= 4 is 78.8 Å². The van der Waals surface area contributed by atoms with Gasteiger partial charge in [0.1, 0.15) is 48.0 Å². The number of carbonyl (C=O) groups excluding carboxylic acids is 10. The molecule has 1 heterocycles. The molecule has 30 heteroatoms. The summed E-state index contributed by atoms with van der Waals surface area (Å²) in [6.45, 7) is 3.57. The first-order valence-corrected chi connectivity index (χ1v) is 25.1. The first kappa shape index (κ1) is 62.3. The molecule has 1 aliphatic heterocycles. The van der Waals surface area contributed by atoms with Gasteiger partial charge in [-0.1, -0.05) is 56.3 Å². The van der Waals surface area contributed by atoms with E-state index in [1.165, 1.54) is 30.9 Å². The fourth-order valence-corrected chi connectivity index (χ4v) is 8.01. The predicted molar refractivity (Wildman–Crippen MR) is 263 cm³/mol. The number of phosphoric acid groups is 1. The van der Waals surface area contributed by atoms with Gasteiger partial charge in [0.15, 0.2) is 0 Å². The largest absolute Gasteiger partial charge is 0.524 e. The zero-order valence-corrected chi connectivity index (χ0v) is 42.5.